The molecular weight excluding hydrogens is 180 g/mol. The molecule has 0 radical (unpaired) electrons. The number of aromatic nitrogens is 2. The van der Waals surface area contributed by atoms with Gasteiger partial charge in [-0.2, -0.15) is 0 Å². The lowest BCUT2D eigenvalue weighted by molar-refractivity contribution is 0.0852. The highest BCUT2D eigenvalue weighted by Crippen LogP contribution is 2.18. The van der Waals surface area contributed by atoms with Crippen LogP contribution in [-0.2, 0) is 7.05 Å². The molecule has 0 spiro atoms. The predicted molar refractivity (Wildman–Crippen MR) is 53.3 cm³/mol. The molecule has 0 saturated heterocycles. The lowest BCUT2D eigenvalue weighted by atomic mass is 9.89. The van der Waals surface area contributed by atoms with Crippen LogP contribution < -0.4 is 5.56 Å². The highest BCUT2D eigenvalue weighted by Gasteiger charge is 2.24. The zero-order valence-corrected chi connectivity index (χ0v) is 8.87. The third kappa shape index (κ3) is 2.07. The van der Waals surface area contributed by atoms with Crippen molar-refractivity contribution >= 4 is 5.78 Å². The summed E-state index contributed by atoms with van der Waals surface area (Å²) in [7, 11) is 1.60. The van der Waals surface area contributed by atoms with Gasteiger partial charge in [0.05, 0.1) is 6.20 Å². The van der Waals surface area contributed by atoms with Crippen molar-refractivity contribution in [3.05, 3.63) is 28.4 Å². The number of aryl methyl sites for hydroxylation is 1. The fraction of sp³-hybridized carbons (Fsp3) is 0.500. The molecule has 4 nitrogen and oxygen atoms in total. The van der Waals surface area contributed by atoms with Gasteiger partial charge in [-0.15, -0.1) is 0 Å². The van der Waals surface area contributed by atoms with Gasteiger partial charge in [0.2, 0.25) is 0 Å². The van der Waals surface area contributed by atoms with Crippen molar-refractivity contribution in [3.63, 3.8) is 0 Å². The Balaban J connectivity index is 3.16. The smallest absolute Gasteiger partial charge is 0.268 e. The molecular formula is C10H14N2O2. The summed E-state index contributed by atoms with van der Waals surface area (Å²) in [5.41, 5.74) is -0.347. The number of hydrogen-bond donors (Lipinski definition) is 0. The van der Waals surface area contributed by atoms with Gasteiger partial charge in [0.15, 0.2) is 5.78 Å². The summed E-state index contributed by atoms with van der Waals surface area (Å²) in [6, 6.07) is 0. The molecule has 0 aliphatic rings. The highest BCUT2D eigenvalue weighted by atomic mass is 16.1. The second-order valence-corrected chi connectivity index (χ2v) is 4.30. The second-order valence-electron chi connectivity index (χ2n) is 4.30. The highest BCUT2D eigenvalue weighted by molar-refractivity contribution is 5.97. The van der Waals surface area contributed by atoms with Crippen molar-refractivity contribution in [1.29, 1.82) is 0 Å². The van der Waals surface area contributed by atoms with Crippen molar-refractivity contribution in [2.24, 2.45) is 12.5 Å². The maximum atomic E-state index is 11.8. The van der Waals surface area contributed by atoms with E-state index in [1.54, 1.807) is 7.05 Å². The monoisotopic (exact) mass is 194 g/mol. The number of carbonyl (C=O) groups is 1. The third-order valence-corrected chi connectivity index (χ3v) is 1.89. The minimum Gasteiger partial charge on any atom is -0.315 e. The van der Waals surface area contributed by atoms with E-state index in [4.69, 9.17) is 0 Å². The van der Waals surface area contributed by atoms with Crippen LogP contribution >= 0.6 is 0 Å². The van der Waals surface area contributed by atoms with E-state index in [0.717, 1.165) is 0 Å². The number of rotatable bonds is 1. The van der Waals surface area contributed by atoms with E-state index in [9.17, 15) is 9.59 Å². The molecule has 0 atom stereocenters. The van der Waals surface area contributed by atoms with E-state index in [1.165, 1.54) is 17.0 Å². The Hall–Kier alpha value is -1.45. The molecule has 14 heavy (non-hydrogen) atoms. The molecule has 1 rings (SSSR count). The molecule has 0 aliphatic heterocycles. The lowest BCUT2D eigenvalue weighted by Crippen LogP contribution is -2.25. The largest absolute Gasteiger partial charge is 0.315 e. The summed E-state index contributed by atoms with van der Waals surface area (Å²) in [4.78, 5) is 26.6. The van der Waals surface area contributed by atoms with E-state index < -0.39 is 5.41 Å². The van der Waals surface area contributed by atoms with E-state index in [0.29, 0.717) is 5.69 Å². The molecule has 0 aromatic carbocycles. The summed E-state index contributed by atoms with van der Waals surface area (Å²) in [6.07, 6.45) is 2.63. The number of carbonyl (C=O) groups excluding carboxylic acids is 1. The summed E-state index contributed by atoms with van der Waals surface area (Å²) < 4.78 is 1.35. The van der Waals surface area contributed by atoms with Crippen LogP contribution in [0, 0.1) is 5.41 Å². The van der Waals surface area contributed by atoms with Gasteiger partial charge in [-0.05, 0) is 0 Å². The van der Waals surface area contributed by atoms with Gasteiger partial charge < -0.3 is 4.57 Å². The van der Waals surface area contributed by atoms with Crippen LogP contribution in [0.25, 0.3) is 0 Å². The first kappa shape index (κ1) is 10.6. The van der Waals surface area contributed by atoms with Crippen LogP contribution in [0.15, 0.2) is 17.2 Å². The first-order valence-corrected chi connectivity index (χ1v) is 4.40. The minimum atomic E-state index is -0.468. The maximum Gasteiger partial charge on any atom is 0.268 e. The van der Waals surface area contributed by atoms with Crippen molar-refractivity contribution in [1.82, 2.24) is 9.55 Å². The summed E-state index contributed by atoms with van der Waals surface area (Å²) in [5.74, 6) is -0.0619. The van der Waals surface area contributed by atoms with E-state index in [2.05, 4.69) is 4.98 Å². The van der Waals surface area contributed by atoms with Crippen molar-refractivity contribution < 1.29 is 4.79 Å². The van der Waals surface area contributed by atoms with Crippen LogP contribution in [0.1, 0.15) is 31.3 Å². The van der Waals surface area contributed by atoms with Gasteiger partial charge in [0, 0.05) is 18.7 Å². The van der Waals surface area contributed by atoms with Gasteiger partial charge >= 0.3 is 0 Å². The Labute approximate surface area is 82.6 Å². The normalized spacial score (nSPS) is 11.4. The molecule has 0 saturated carbocycles. The number of hydrogen-bond acceptors (Lipinski definition) is 3. The molecule has 4 heteroatoms. The molecule has 1 aromatic heterocycles. The lowest BCUT2D eigenvalue weighted by Gasteiger charge is -2.15. The minimum absolute atomic E-state index is 0.0619. The Kier molecular flexibility index (Phi) is 2.55. The third-order valence-electron chi connectivity index (χ3n) is 1.89. The Morgan fingerprint density at radius 3 is 2.43 bits per heavy atom. The SMILES string of the molecule is Cn1cc(C(=O)C(C)(C)C)ncc1=O. The van der Waals surface area contributed by atoms with E-state index in [1.807, 2.05) is 20.8 Å². The van der Waals surface area contributed by atoms with Crippen LogP contribution in [0.4, 0.5) is 0 Å². The zero-order chi connectivity index (χ0) is 10.9. The average Bonchev–Trinajstić information content (AvgIpc) is 2.07. The maximum absolute atomic E-state index is 11.8. The second kappa shape index (κ2) is 3.36. The standard InChI is InChI=1S/C10H14N2O2/c1-10(2,3)9(14)7-6-12(4)8(13)5-11-7/h5-6H,1-4H3. The number of ketones is 1. The van der Waals surface area contributed by atoms with Crippen LogP contribution in [0.5, 0.6) is 0 Å². The van der Waals surface area contributed by atoms with Gasteiger partial charge in [0.25, 0.3) is 5.56 Å². The molecule has 0 aliphatic carbocycles. The predicted octanol–water partition coefficient (Wildman–Crippen LogP) is 1.01. The first-order chi connectivity index (χ1) is 6.32. The van der Waals surface area contributed by atoms with E-state index >= 15 is 0 Å². The fourth-order valence-electron chi connectivity index (χ4n) is 0.998. The Morgan fingerprint density at radius 2 is 2.00 bits per heavy atom. The van der Waals surface area contributed by atoms with Crippen LogP contribution in [0.2, 0.25) is 0 Å². The quantitative estimate of drug-likeness (QED) is 0.627. The summed E-state index contributed by atoms with van der Waals surface area (Å²) in [5, 5.41) is 0. The van der Waals surface area contributed by atoms with Gasteiger partial charge in [-0.25, -0.2) is 4.98 Å². The van der Waals surface area contributed by atoms with E-state index in [-0.39, 0.29) is 11.3 Å². The number of nitrogens with zero attached hydrogens (tertiary/aromatic N) is 2. The Morgan fingerprint density at radius 1 is 1.43 bits per heavy atom. The van der Waals surface area contributed by atoms with Crippen molar-refractivity contribution in [3.8, 4) is 0 Å². The molecule has 1 aromatic rings. The summed E-state index contributed by atoms with van der Waals surface area (Å²) in [6.45, 7) is 5.46. The fourth-order valence-corrected chi connectivity index (χ4v) is 0.998. The van der Waals surface area contributed by atoms with Gasteiger partial charge in [-0.3, -0.25) is 9.59 Å². The molecule has 0 fully saturated rings. The molecule has 76 valence electrons. The van der Waals surface area contributed by atoms with Crippen molar-refractivity contribution in [2.45, 2.75) is 20.8 Å². The van der Waals surface area contributed by atoms with Crippen LogP contribution in [-0.4, -0.2) is 15.3 Å². The molecule has 0 unspecified atom stereocenters. The molecule has 1 heterocycles. The average molecular weight is 194 g/mol. The molecule has 0 bridgehead atoms. The van der Waals surface area contributed by atoms with Gasteiger partial charge in [-0.1, -0.05) is 20.8 Å². The zero-order valence-electron chi connectivity index (χ0n) is 8.87. The van der Waals surface area contributed by atoms with Crippen LogP contribution in [0.3, 0.4) is 0 Å². The van der Waals surface area contributed by atoms with Gasteiger partial charge in [0.1, 0.15) is 5.69 Å². The number of Topliss-reactive ketones (excluding diaryl/α,β-unsaturated/α-hetero) is 1. The summed E-state index contributed by atoms with van der Waals surface area (Å²) >= 11 is 0. The first-order valence-electron chi connectivity index (χ1n) is 4.40. The van der Waals surface area contributed by atoms with Crippen molar-refractivity contribution in [2.75, 3.05) is 0 Å². The molecule has 0 N–H and O–H groups in total. The Bertz CT molecular complexity index is 413. The topological polar surface area (TPSA) is 52.0 Å². The molecule has 0 amide bonds.